The number of hydrogen-bond acceptors (Lipinski definition) is 5. The lowest BCUT2D eigenvalue weighted by Crippen LogP contribution is -2.31. The maximum Gasteiger partial charge on any atom is 0.155 e. The van der Waals surface area contributed by atoms with Crippen molar-refractivity contribution in [2.24, 2.45) is 0 Å². The Hall–Kier alpha value is -2.27. The van der Waals surface area contributed by atoms with E-state index in [4.69, 9.17) is 0 Å². The van der Waals surface area contributed by atoms with Gasteiger partial charge in [-0.2, -0.15) is 0 Å². The highest BCUT2D eigenvalue weighted by Gasteiger charge is 2.11. The molecule has 1 aromatic heterocycles. The van der Waals surface area contributed by atoms with Crippen molar-refractivity contribution in [3.05, 3.63) is 53.0 Å². The highest BCUT2D eigenvalue weighted by atomic mass is 16.1. The predicted octanol–water partition coefficient (Wildman–Crippen LogP) is 2.47. The third-order valence-electron chi connectivity index (χ3n) is 3.80. The molecule has 0 aliphatic rings. The minimum absolute atomic E-state index is 0.527. The number of aryl methyl sites for hydroxylation is 2. The second-order valence-corrected chi connectivity index (χ2v) is 5.96. The van der Waals surface area contributed by atoms with E-state index in [9.17, 15) is 4.79 Å². The third-order valence-corrected chi connectivity index (χ3v) is 3.80. The Morgan fingerprint density at radius 1 is 1.09 bits per heavy atom. The number of aromatic nitrogens is 2. The van der Waals surface area contributed by atoms with Gasteiger partial charge in [0.15, 0.2) is 6.29 Å². The van der Waals surface area contributed by atoms with Crippen LogP contribution < -0.4 is 4.90 Å². The molecule has 0 aliphatic carbocycles. The minimum Gasteiger partial charge on any atom is -0.358 e. The molecule has 0 saturated carbocycles. The molecule has 0 bridgehead atoms. The van der Waals surface area contributed by atoms with Gasteiger partial charge >= 0.3 is 0 Å². The van der Waals surface area contributed by atoms with Crippen LogP contribution in [0.5, 0.6) is 0 Å². The molecule has 1 heterocycles. The van der Waals surface area contributed by atoms with Gasteiger partial charge in [-0.1, -0.05) is 29.8 Å². The number of nitrogens with zero attached hydrogens (tertiary/aromatic N) is 4. The molecule has 2 aromatic rings. The van der Waals surface area contributed by atoms with Gasteiger partial charge in [-0.3, -0.25) is 4.79 Å². The SMILES string of the molecule is Cc1ccc(CN(C)CCN(C)c2nc(C)ncc2C=O)cc1. The maximum atomic E-state index is 11.1. The number of likely N-dealkylation sites (N-methyl/N-ethyl adjacent to an activating group) is 2. The molecule has 0 amide bonds. The average molecular weight is 312 g/mol. The van der Waals surface area contributed by atoms with Crippen LogP contribution in [-0.2, 0) is 6.54 Å². The van der Waals surface area contributed by atoms with E-state index in [-0.39, 0.29) is 0 Å². The van der Waals surface area contributed by atoms with E-state index in [1.165, 1.54) is 11.1 Å². The van der Waals surface area contributed by atoms with E-state index >= 15 is 0 Å². The second-order valence-electron chi connectivity index (χ2n) is 5.96. The van der Waals surface area contributed by atoms with Crippen molar-refractivity contribution in [2.45, 2.75) is 20.4 Å². The summed E-state index contributed by atoms with van der Waals surface area (Å²) in [6.45, 7) is 6.50. The van der Waals surface area contributed by atoms with Crippen LogP contribution in [0, 0.1) is 13.8 Å². The highest BCUT2D eigenvalue weighted by molar-refractivity contribution is 5.82. The molecule has 2 rings (SSSR count). The first-order chi connectivity index (χ1) is 11.0. The van der Waals surface area contributed by atoms with Crippen molar-refractivity contribution < 1.29 is 4.79 Å². The fraction of sp³-hybridized carbons (Fsp3) is 0.389. The normalized spacial score (nSPS) is 10.8. The summed E-state index contributed by atoms with van der Waals surface area (Å²) in [4.78, 5) is 23.8. The molecule has 23 heavy (non-hydrogen) atoms. The molecule has 0 N–H and O–H groups in total. The molecule has 0 radical (unpaired) electrons. The number of rotatable bonds is 7. The number of aldehydes is 1. The molecule has 0 aliphatic heterocycles. The van der Waals surface area contributed by atoms with Gasteiger partial charge in [0.2, 0.25) is 0 Å². The molecule has 0 unspecified atom stereocenters. The van der Waals surface area contributed by atoms with E-state index < -0.39 is 0 Å². The smallest absolute Gasteiger partial charge is 0.155 e. The van der Waals surface area contributed by atoms with Gasteiger partial charge in [0, 0.05) is 32.9 Å². The molecular weight excluding hydrogens is 288 g/mol. The summed E-state index contributed by atoms with van der Waals surface area (Å²) in [5, 5.41) is 0. The summed E-state index contributed by atoms with van der Waals surface area (Å²) in [6.07, 6.45) is 2.39. The maximum absolute atomic E-state index is 11.1. The molecule has 0 fully saturated rings. The minimum atomic E-state index is 0.527. The zero-order valence-electron chi connectivity index (χ0n) is 14.3. The van der Waals surface area contributed by atoms with Gasteiger partial charge in [-0.05, 0) is 26.5 Å². The van der Waals surface area contributed by atoms with Crippen LogP contribution in [-0.4, -0.2) is 48.3 Å². The molecule has 5 heteroatoms. The van der Waals surface area contributed by atoms with Crippen LogP contribution in [0.4, 0.5) is 5.82 Å². The molecule has 122 valence electrons. The van der Waals surface area contributed by atoms with Crippen molar-refractivity contribution in [3.8, 4) is 0 Å². The van der Waals surface area contributed by atoms with Crippen LogP contribution in [0.1, 0.15) is 27.3 Å². The molecule has 1 aromatic carbocycles. The van der Waals surface area contributed by atoms with Crippen molar-refractivity contribution in [1.82, 2.24) is 14.9 Å². The summed E-state index contributed by atoms with van der Waals surface area (Å²) < 4.78 is 0. The van der Waals surface area contributed by atoms with Gasteiger partial charge in [0.05, 0.1) is 5.56 Å². The third kappa shape index (κ3) is 4.86. The molecule has 0 spiro atoms. The standard InChI is InChI=1S/C18H24N4O/c1-14-5-7-16(8-6-14)12-21(3)9-10-22(4)18-17(13-23)11-19-15(2)20-18/h5-8,11,13H,9-10,12H2,1-4H3. The summed E-state index contributed by atoms with van der Waals surface area (Å²) in [6, 6.07) is 8.59. The van der Waals surface area contributed by atoms with Crippen LogP contribution >= 0.6 is 0 Å². The fourth-order valence-electron chi connectivity index (χ4n) is 2.37. The lowest BCUT2D eigenvalue weighted by atomic mass is 10.1. The number of carbonyl (C=O) groups excluding carboxylic acids is 1. The van der Waals surface area contributed by atoms with E-state index in [1.807, 2.05) is 18.9 Å². The van der Waals surface area contributed by atoms with E-state index in [1.54, 1.807) is 6.20 Å². The highest BCUT2D eigenvalue weighted by Crippen LogP contribution is 2.14. The predicted molar refractivity (Wildman–Crippen MR) is 92.9 cm³/mol. The summed E-state index contributed by atoms with van der Waals surface area (Å²) in [5.74, 6) is 1.36. The Morgan fingerprint density at radius 2 is 1.78 bits per heavy atom. The van der Waals surface area contributed by atoms with Gasteiger partial charge in [0.1, 0.15) is 11.6 Å². The topological polar surface area (TPSA) is 49.3 Å². The monoisotopic (exact) mass is 312 g/mol. The Labute approximate surface area is 138 Å². The van der Waals surface area contributed by atoms with Crippen LogP contribution in [0.25, 0.3) is 0 Å². The molecule has 0 saturated heterocycles. The van der Waals surface area contributed by atoms with Gasteiger partial charge in [0.25, 0.3) is 0 Å². The number of carbonyl (C=O) groups is 1. The van der Waals surface area contributed by atoms with E-state index in [0.717, 1.165) is 25.9 Å². The van der Waals surface area contributed by atoms with Gasteiger partial charge in [-0.15, -0.1) is 0 Å². The quantitative estimate of drug-likeness (QED) is 0.735. The van der Waals surface area contributed by atoms with E-state index in [0.29, 0.717) is 17.2 Å². The zero-order valence-corrected chi connectivity index (χ0v) is 14.3. The lowest BCUT2D eigenvalue weighted by Gasteiger charge is -2.24. The van der Waals surface area contributed by atoms with Crippen molar-refractivity contribution in [1.29, 1.82) is 0 Å². The van der Waals surface area contributed by atoms with Crippen molar-refractivity contribution in [2.75, 3.05) is 32.1 Å². The van der Waals surface area contributed by atoms with Crippen LogP contribution in [0.15, 0.2) is 30.5 Å². The first-order valence-corrected chi connectivity index (χ1v) is 7.73. The average Bonchev–Trinajstić information content (AvgIpc) is 2.54. The summed E-state index contributed by atoms with van der Waals surface area (Å²) >= 11 is 0. The number of benzene rings is 1. The fourth-order valence-corrected chi connectivity index (χ4v) is 2.37. The zero-order chi connectivity index (χ0) is 16.8. The lowest BCUT2D eigenvalue weighted by molar-refractivity contribution is 0.112. The van der Waals surface area contributed by atoms with Crippen LogP contribution in [0.2, 0.25) is 0 Å². The first-order valence-electron chi connectivity index (χ1n) is 7.73. The first kappa shape index (κ1) is 17.1. The summed E-state index contributed by atoms with van der Waals surface area (Å²) in [5.41, 5.74) is 3.10. The Kier molecular flexibility index (Phi) is 5.82. The Morgan fingerprint density at radius 3 is 2.43 bits per heavy atom. The van der Waals surface area contributed by atoms with Crippen molar-refractivity contribution >= 4 is 12.1 Å². The molecule has 5 nitrogen and oxygen atoms in total. The van der Waals surface area contributed by atoms with Gasteiger partial charge < -0.3 is 9.80 Å². The number of anilines is 1. The van der Waals surface area contributed by atoms with E-state index in [2.05, 4.69) is 53.1 Å². The van der Waals surface area contributed by atoms with Crippen molar-refractivity contribution in [3.63, 3.8) is 0 Å². The van der Waals surface area contributed by atoms with Gasteiger partial charge in [-0.25, -0.2) is 9.97 Å². The molecule has 0 atom stereocenters. The Balaban J connectivity index is 1.93. The summed E-state index contributed by atoms with van der Waals surface area (Å²) in [7, 11) is 4.05. The number of hydrogen-bond donors (Lipinski definition) is 0. The molecular formula is C18H24N4O. The Bertz CT molecular complexity index is 655. The largest absolute Gasteiger partial charge is 0.358 e. The second kappa shape index (κ2) is 7.83. The van der Waals surface area contributed by atoms with Crippen LogP contribution in [0.3, 0.4) is 0 Å².